The van der Waals surface area contributed by atoms with Crippen molar-refractivity contribution in [3.8, 4) is 0 Å². The van der Waals surface area contributed by atoms with Gasteiger partial charge in [0.25, 0.3) is 5.56 Å². The monoisotopic (exact) mass is 412 g/mol. The topological polar surface area (TPSA) is 93.1 Å². The maximum absolute atomic E-state index is 12.7. The summed E-state index contributed by atoms with van der Waals surface area (Å²) < 4.78 is 1.43. The molecule has 29 heavy (non-hydrogen) atoms. The molecule has 0 bridgehead atoms. The molecule has 2 N–H and O–H groups in total. The Hall–Kier alpha value is -2.87. The molecule has 0 aliphatic heterocycles. The number of carbonyl (C=O) groups is 2. The zero-order valence-corrected chi connectivity index (χ0v) is 17.5. The standard InChI is InChI=1S/C21H24N4O3S/c1-13(2)8-9-22-20(28)24-18(26)12-29-21-23-17-11-15-7-5-4-6-14(15)10-16(17)19(27)25(21)3/h4-7,10-11,13H,8-9,12H2,1-3H3,(H2,22,24,26,28). The van der Waals surface area contributed by atoms with Crippen LogP contribution in [0.4, 0.5) is 4.79 Å². The Balaban J connectivity index is 1.70. The zero-order chi connectivity index (χ0) is 21.0. The first-order chi connectivity index (χ1) is 13.8. The SMILES string of the molecule is CC(C)CCNC(=O)NC(=O)CSc1nc2cc3ccccc3cc2c(=O)n1C. The van der Waals surface area contributed by atoms with Crippen LogP contribution in [-0.2, 0) is 11.8 Å². The molecule has 1 heterocycles. The van der Waals surface area contributed by atoms with Crippen LogP contribution in [0.1, 0.15) is 20.3 Å². The van der Waals surface area contributed by atoms with Crippen LogP contribution in [-0.4, -0.2) is 33.8 Å². The molecule has 0 aliphatic rings. The summed E-state index contributed by atoms with van der Waals surface area (Å²) in [6.45, 7) is 4.63. The van der Waals surface area contributed by atoms with E-state index in [-0.39, 0.29) is 11.3 Å². The lowest BCUT2D eigenvalue weighted by molar-refractivity contribution is -0.117. The average molecular weight is 413 g/mol. The van der Waals surface area contributed by atoms with Crippen LogP contribution < -0.4 is 16.2 Å². The van der Waals surface area contributed by atoms with Crippen LogP contribution in [0.2, 0.25) is 0 Å². The number of aromatic nitrogens is 2. The van der Waals surface area contributed by atoms with E-state index in [1.807, 2.05) is 36.4 Å². The summed E-state index contributed by atoms with van der Waals surface area (Å²) in [5.41, 5.74) is 0.413. The van der Waals surface area contributed by atoms with E-state index in [9.17, 15) is 14.4 Å². The highest BCUT2D eigenvalue weighted by atomic mass is 32.2. The van der Waals surface area contributed by atoms with Crippen LogP contribution in [0, 0.1) is 5.92 Å². The maximum atomic E-state index is 12.7. The third-order valence-electron chi connectivity index (χ3n) is 4.49. The quantitative estimate of drug-likeness (QED) is 0.369. The van der Waals surface area contributed by atoms with E-state index < -0.39 is 11.9 Å². The lowest BCUT2D eigenvalue weighted by Gasteiger charge is -2.10. The lowest BCUT2D eigenvalue weighted by atomic mass is 10.1. The van der Waals surface area contributed by atoms with Gasteiger partial charge in [-0.05, 0) is 35.2 Å². The number of urea groups is 1. The number of imide groups is 1. The van der Waals surface area contributed by atoms with Crippen LogP contribution in [0.3, 0.4) is 0 Å². The zero-order valence-electron chi connectivity index (χ0n) is 16.7. The first-order valence-electron chi connectivity index (χ1n) is 9.45. The van der Waals surface area contributed by atoms with Gasteiger partial charge in [0, 0.05) is 13.6 Å². The molecule has 0 atom stereocenters. The van der Waals surface area contributed by atoms with E-state index in [0.717, 1.165) is 29.0 Å². The van der Waals surface area contributed by atoms with E-state index in [0.29, 0.717) is 28.5 Å². The van der Waals surface area contributed by atoms with Gasteiger partial charge in [0.15, 0.2) is 5.16 Å². The fourth-order valence-corrected chi connectivity index (χ4v) is 3.65. The maximum Gasteiger partial charge on any atom is 0.321 e. The molecule has 3 amide bonds. The van der Waals surface area contributed by atoms with Crippen molar-refractivity contribution < 1.29 is 9.59 Å². The molecule has 8 heteroatoms. The molecular weight excluding hydrogens is 388 g/mol. The van der Waals surface area contributed by atoms with E-state index in [2.05, 4.69) is 29.5 Å². The van der Waals surface area contributed by atoms with Gasteiger partial charge in [0.1, 0.15) is 0 Å². The van der Waals surface area contributed by atoms with Crippen LogP contribution in [0.15, 0.2) is 46.3 Å². The number of amides is 3. The summed E-state index contributed by atoms with van der Waals surface area (Å²) in [7, 11) is 1.63. The second-order valence-corrected chi connectivity index (χ2v) is 8.19. The lowest BCUT2D eigenvalue weighted by Crippen LogP contribution is -2.41. The van der Waals surface area contributed by atoms with E-state index in [4.69, 9.17) is 0 Å². The highest BCUT2D eigenvalue weighted by Gasteiger charge is 2.13. The molecule has 0 unspecified atom stereocenters. The number of fused-ring (bicyclic) bond motifs is 2. The number of nitrogens with one attached hydrogen (secondary N) is 2. The van der Waals surface area contributed by atoms with Crippen molar-refractivity contribution in [3.05, 3.63) is 46.8 Å². The molecule has 0 spiro atoms. The number of carbonyl (C=O) groups excluding carboxylic acids is 2. The van der Waals surface area contributed by atoms with Crippen molar-refractivity contribution >= 4 is 45.4 Å². The van der Waals surface area contributed by atoms with Crippen LogP contribution in [0.5, 0.6) is 0 Å². The smallest absolute Gasteiger partial charge is 0.321 e. The van der Waals surface area contributed by atoms with Gasteiger partial charge in [-0.2, -0.15) is 0 Å². The Bertz CT molecular complexity index is 1120. The molecule has 3 aromatic rings. The van der Waals surface area contributed by atoms with Crippen LogP contribution >= 0.6 is 11.8 Å². The second kappa shape index (κ2) is 9.09. The van der Waals surface area contributed by atoms with Gasteiger partial charge in [0.05, 0.1) is 16.7 Å². The number of benzene rings is 2. The molecule has 0 aliphatic carbocycles. The van der Waals surface area contributed by atoms with Crippen molar-refractivity contribution in [1.29, 1.82) is 0 Å². The first kappa shape index (κ1) is 20.9. The second-order valence-electron chi connectivity index (χ2n) is 7.25. The molecule has 0 fully saturated rings. The third-order valence-corrected chi connectivity index (χ3v) is 5.52. The van der Waals surface area contributed by atoms with Gasteiger partial charge in [-0.15, -0.1) is 0 Å². The van der Waals surface area contributed by atoms with E-state index in [1.54, 1.807) is 7.05 Å². The van der Waals surface area contributed by atoms with Gasteiger partial charge in [-0.25, -0.2) is 9.78 Å². The number of thioether (sulfide) groups is 1. The minimum absolute atomic E-state index is 0.0169. The summed E-state index contributed by atoms with van der Waals surface area (Å²) in [6, 6.07) is 11.0. The summed E-state index contributed by atoms with van der Waals surface area (Å²) in [5.74, 6) is 0.0144. The van der Waals surface area contributed by atoms with Crippen molar-refractivity contribution in [1.82, 2.24) is 20.2 Å². The molecule has 2 aromatic carbocycles. The summed E-state index contributed by atoms with van der Waals surface area (Å²) in [6.07, 6.45) is 0.841. The van der Waals surface area contributed by atoms with Crippen molar-refractivity contribution in [3.63, 3.8) is 0 Å². The third kappa shape index (κ3) is 5.14. The van der Waals surface area contributed by atoms with Crippen molar-refractivity contribution in [2.75, 3.05) is 12.3 Å². The van der Waals surface area contributed by atoms with Gasteiger partial charge in [-0.1, -0.05) is 49.9 Å². The molecule has 0 radical (unpaired) electrons. The highest BCUT2D eigenvalue weighted by Crippen LogP contribution is 2.22. The molecule has 1 aromatic heterocycles. The van der Waals surface area contributed by atoms with Crippen molar-refractivity contribution in [2.45, 2.75) is 25.4 Å². The molecule has 3 rings (SSSR count). The molecular formula is C21H24N4O3S. The predicted molar refractivity (Wildman–Crippen MR) is 116 cm³/mol. The Labute approximate surface area is 172 Å². The Morgan fingerprint density at radius 1 is 1.17 bits per heavy atom. The Kier molecular flexibility index (Phi) is 6.53. The highest BCUT2D eigenvalue weighted by molar-refractivity contribution is 7.99. The molecule has 152 valence electrons. The van der Waals surface area contributed by atoms with Gasteiger partial charge < -0.3 is 5.32 Å². The minimum Gasteiger partial charge on any atom is -0.338 e. The van der Waals surface area contributed by atoms with E-state index in [1.165, 1.54) is 4.57 Å². The number of nitrogens with zero attached hydrogens (tertiary/aromatic N) is 2. The summed E-state index contributed by atoms with van der Waals surface area (Å²) in [5, 5.41) is 7.87. The van der Waals surface area contributed by atoms with E-state index >= 15 is 0 Å². The van der Waals surface area contributed by atoms with Gasteiger partial charge in [-0.3, -0.25) is 19.5 Å². The predicted octanol–water partition coefficient (Wildman–Crippen LogP) is 3.05. The fourth-order valence-electron chi connectivity index (χ4n) is 2.88. The van der Waals surface area contributed by atoms with Gasteiger partial charge >= 0.3 is 6.03 Å². The molecule has 0 saturated carbocycles. The fraction of sp³-hybridized carbons (Fsp3) is 0.333. The summed E-state index contributed by atoms with van der Waals surface area (Å²) >= 11 is 1.12. The normalized spacial score (nSPS) is 11.2. The minimum atomic E-state index is -0.511. The summed E-state index contributed by atoms with van der Waals surface area (Å²) in [4.78, 5) is 41.1. The van der Waals surface area contributed by atoms with Gasteiger partial charge in [0.2, 0.25) is 5.91 Å². The molecule has 0 saturated heterocycles. The molecule has 7 nitrogen and oxygen atoms in total. The Morgan fingerprint density at radius 3 is 2.55 bits per heavy atom. The number of hydrogen-bond donors (Lipinski definition) is 2. The number of hydrogen-bond acceptors (Lipinski definition) is 5. The largest absolute Gasteiger partial charge is 0.338 e. The average Bonchev–Trinajstić information content (AvgIpc) is 2.68. The Morgan fingerprint density at radius 2 is 1.86 bits per heavy atom. The first-order valence-corrected chi connectivity index (χ1v) is 10.4. The van der Waals surface area contributed by atoms with Crippen molar-refractivity contribution in [2.24, 2.45) is 13.0 Å². The van der Waals surface area contributed by atoms with Crippen LogP contribution in [0.25, 0.3) is 21.7 Å². The number of rotatable bonds is 6.